The van der Waals surface area contributed by atoms with Crippen LogP contribution in [0.1, 0.15) is 12.5 Å². The van der Waals surface area contributed by atoms with Crippen LogP contribution in [0.5, 0.6) is 11.5 Å². The number of ether oxygens (including phenoxy) is 2. The molecular weight excluding hydrogens is 196 g/mol. The summed E-state index contributed by atoms with van der Waals surface area (Å²) in [5.41, 5.74) is 0.773. The molecule has 0 aliphatic rings. The van der Waals surface area contributed by atoms with Gasteiger partial charge in [-0.2, -0.15) is 0 Å². The lowest BCUT2D eigenvalue weighted by Gasteiger charge is -2.11. The second-order valence-electron chi connectivity index (χ2n) is 2.94. The average molecular weight is 212 g/mol. The van der Waals surface area contributed by atoms with Gasteiger partial charge in [-0.25, -0.2) is 0 Å². The predicted molar refractivity (Wildman–Crippen MR) is 56.1 cm³/mol. The van der Waals surface area contributed by atoms with Crippen LogP contribution in [-0.2, 0) is 6.61 Å². The Morgan fingerprint density at radius 3 is 2.53 bits per heavy atom. The molecule has 1 aromatic carbocycles. The smallest absolute Gasteiger partial charge is 0.161 e. The minimum Gasteiger partial charge on any atom is -0.490 e. The Labute approximate surface area is 89.1 Å². The molecule has 0 saturated heterocycles. The highest BCUT2D eigenvalue weighted by molar-refractivity contribution is 5.42. The Bertz CT molecular complexity index is 299. The standard InChI is InChI=1S/C11H16O4/c1-2-14-11-7-9(8-13)3-4-10(11)15-6-5-12/h3-4,7,12-13H,2,5-6,8H2,1H3. The van der Waals surface area contributed by atoms with E-state index in [1.807, 2.05) is 6.92 Å². The van der Waals surface area contributed by atoms with Crippen molar-refractivity contribution in [3.05, 3.63) is 23.8 Å². The van der Waals surface area contributed by atoms with Gasteiger partial charge in [0.25, 0.3) is 0 Å². The third-order valence-corrected chi connectivity index (χ3v) is 1.84. The molecule has 4 heteroatoms. The molecular formula is C11H16O4. The van der Waals surface area contributed by atoms with Gasteiger partial charge in [-0.1, -0.05) is 6.07 Å². The molecule has 0 amide bonds. The Morgan fingerprint density at radius 2 is 1.93 bits per heavy atom. The first-order valence-corrected chi connectivity index (χ1v) is 4.92. The lowest BCUT2D eigenvalue weighted by molar-refractivity contribution is 0.194. The second kappa shape index (κ2) is 6.27. The van der Waals surface area contributed by atoms with E-state index in [1.165, 1.54) is 0 Å². The molecule has 0 aliphatic heterocycles. The van der Waals surface area contributed by atoms with Crippen molar-refractivity contribution in [1.82, 2.24) is 0 Å². The molecule has 0 atom stereocenters. The highest BCUT2D eigenvalue weighted by atomic mass is 16.5. The zero-order valence-corrected chi connectivity index (χ0v) is 8.77. The molecule has 0 heterocycles. The molecule has 0 aromatic heterocycles. The fourth-order valence-corrected chi connectivity index (χ4v) is 1.19. The van der Waals surface area contributed by atoms with Crippen molar-refractivity contribution in [2.75, 3.05) is 19.8 Å². The molecule has 0 spiro atoms. The molecule has 0 aliphatic carbocycles. The van der Waals surface area contributed by atoms with Gasteiger partial charge in [-0.05, 0) is 24.6 Å². The number of rotatable bonds is 6. The highest BCUT2D eigenvalue weighted by Gasteiger charge is 2.05. The van der Waals surface area contributed by atoms with Gasteiger partial charge in [0.15, 0.2) is 11.5 Å². The van der Waals surface area contributed by atoms with Crippen molar-refractivity contribution in [2.24, 2.45) is 0 Å². The lowest BCUT2D eigenvalue weighted by atomic mass is 10.2. The van der Waals surface area contributed by atoms with Crippen LogP contribution < -0.4 is 9.47 Å². The van der Waals surface area contributed by atoms with Gasteiger partial charge >= 0.3 is 0 Å². The van der Waals surface area contributed by atoms with Crippen molar-refractivity contribution in [1.29, 1.82) is 0 Å². The molecule has 0 unspecified atom stereocenters. The summed E-state index contributed by atoms with van der Waals surface area (Å²) in [6.45, 7) is 2.58. The van der Waals surface area contributed by atoms with E-state index in [0.717, 1.165) is 5.56 Å². The fourth-order valence-electron chi connectivity index (χ4n) is 1.19. The van der Waals surface area contributed by atoms with Gasteiger partial charge < -0.3 is 19.7 Å². The van der Waals surface area contributed by atoms with Gasteiger partial charge in [0, 0.05) is 0 Å². The molecule has 4 nitrogen and oxygen atoms in total. The van der Waals surface area contributed by atoms with E-state index in [2.05, 4.69) is 0 Å². The summed E-state index contributed by atoms with van der Waals surface area (Å²) < 4.78 is 10.6. The molecule has 2 N–H and O–H groups in total. The summed E-state index contributed by atoms with van der Waals surface area (Å²) in [6.07, 6.45) is 0. The molecule has 1 rings (SSSR count). The lowest BCUT2D eigenvalue weighted by Crippen LogP contribution is -2.04. The first kappa shape index (κ1) is 11.8. The third kappa shape index (κ3) is 3.42. The molecule has 0 radical (unpaired) electrons. The summed E-state index contributed by atoms with van der Waals surface area (Å²) in [4.78, 5) is 0. The molecule has 1 aromatic rings. The Balaban J connectivity index is 2.82. The monoisotopic (exact) mass is 212 g/mol. The van der Waals surface area contributed by atoms with E-state index in [1.54, 1.807) is 18.2 Å². The van der Waals surface area contributed by atoms with Crippen molar-refractivity contribution in [2.45, 2.75) is 13.5 Å². The molecule has 0 saturated carbocycles. The quantitative estimate of drug-likeness (QED) is 0.737. The maximum atomic E-state index is 8.96. The number of aliphatic hydroxyl groups excluding tert-OH is 2. The highest BCUT2D eigenvalue weighted by Crippen LogP contribution is 2.28. The van der Waals surface area contributed by atoms with E-state index in [9.17, 15) is 0 Å². The number of aliphatic hydroxyl groups is 2. The van der Waals surface area contributed by atoms with Crippen LogP contribution in [0.15, 0.2) is 18.2 Å². The SMILES string of the molecule is CCOc1cc(CO)ccc1OCCO. The van der Waals surface area contributed by atoms with Crippen LogP contribution in [-0.4, -0.2) is 30.0 Å². The first-order valence-electron chi connectivity index (χ1n) is 4.92. The molecule has 15 heavy (non-hydrogen) atoms. The summed E-state index contributed by atoms with van der Waals surface area (Å²) >= 11 is 0. The Morgan fingerprint density at radius 1 is 1.13 bits per heavy atom. The third-order valence-electron chi connectivity index (χ3n) is 1.84. The second-order valence-corrected chi connectivity index (χ2v) is 2.94. The molecule has 0 bridgehead atoms. The summed E-state index contributed by atoms with van der Waals surface area (Å²) in [5.74, 6) is 1.18. The molecule has 0 fully saturated rings. The van der Waals surface area contributed by atoms with Crippen molar-refractivity contribution in [3.63, 3.8) is 0 Å². The number of hydrogen-bond acceptors (Lipinski definition) is 4. The van der Waals surface area contributed by atoms with E-state index in [0.29, 0.717) is 18.1 Å². The zero-order chi connectivity index (χ0) is 11.1. The maximum Gasteiger partial charge on any atom is 0.161 e. The largest absolute Gasteiger partial charge is 0.490 e. The first-order chi connectivity index (χ1) is 7.31. The van der Waals surface area contributed by atoms with E-state index in [4.69, 9.17) is 19.7 Å². The summed E-state index contributed by atoms with van der Waals surface area (Å²) in [5, 5.41) is 17.6. The van der Waals surface area contributed by atoms with Gasteiger partial charge in [0.1, 0.15) is 6.61 Å². The van der Waals surface area contributed by atoms with Crippen LogP contribution in [0.4, 0.5) is 0 Å². The van der Waals surface area contributed by atoms with Crippen molar-refractivity contribution in [3.8, 4) is 11.5 Å². The van der Waals surface area contributed by atoms with Crippen LogP contribution in [0.2, 0.25) is 0 Å². The zero-order valence-electron chi connectivity index (χ0n) is 8.77. The van der Waals surface area contributed by atoms with Gasteiger partial charge in [-0.3, -0.25) is 0 Å². The maximum absolute atomic E-state index is 8.96. The number of hydrogen-bond donors (Lipinski definition) is 2. The fraction of sp³-hybridized carbons (Fsp3) is 0.455. The average Bonchev–Trinajstić information content (AvgIpc) is 2.27. The van der Waals surface area contributed by atoms with Gasteiger partial charge in [0.05, 0.1) is 19.8 Å². The van der Waals surface area contributed by atoms with Crippen LogP contribution >= 0.6 is 0 Å². The Hall–Kier alpha value is -1.26. The van der Waals surface area contributed by atoms with Crippen LogP contribution in [0.25, 0.3) is 0 Å². The number of benzene rings is 1. The summed E-state index contributed by atoms with van der Waals surface area (Å²) in [7, 11) is 0. The van der Waals surface area contributed by atoms with Gasteiger partial charge in [0.2, 0.25) is 0 Å². The van der Waals surface area contributed by atoms with Crippen molar-refractivity contribution < 1.29 is 19.7 Å². The van der Waals surface area contributed by atoms with Crippen LogP contribution in [0, 0.1) is 0 Å². The van der Waals surface area contributed by atoms with E-state index < -0.39 is 0 Å². The predicted octanol–water partition coefficient (Wildman–Crippen LogP) is 0.949. The minimum atomic E-state index is -0.0344. The van der Waals surface area contributed by atoms with E-state index in [-0.39, 0.29) is 19.8 Å². The summed E-state index contributed by atoms with van der Waals surface area (Å²) in [6, 6.07) is 5.22. The minimum absolute atomic E-state index is 0.0274. The van der Waals surface area contributed by atoms with Crippen molar-refractivity contribution >= 4 is 0 Å². The van der Waals surface area contributed by atoms with Crippen LogP contribution in [0.3, 0.4) is 0 Å². The Kier molecular flexibility index (Phi) is 4.93. The normalized spacial score (nSPS) is 10.1. The molecule has 84 valence electrons. The van der Waals surface area contributed by atoms with E-state index >= 15 is 0 Å². The topological polar surface area (TPSA) is 58.9 Å². The van der Waals surface area contributed by atoms with Gasteiger partial charge in [-0.15, -0.1) is 0 Å².